The lowest BCUT2D eigenvalue weighted by Crippen LogP contribution is -2.49. The largest absolute Gasteiger partial charge is 0.456 e. The average molecular weight is 1470 g/mol. The summed E-state index contributed by atoms with van der Waals surface area (Å²) in [4.78, 5) is 14.6. The van der Waals surface area contributed by atoms with Crippen molar-refractivity contribution in [2.45, 2.75) is 204 Å². The number of aromatic nitrogens is 6. The normalized spacial score (nSPS) is 16.4. The second-order valence-corrected chi connectivity index (χ2v) is 33.6. The highest BCUT2D eigenvalue weighted by atomic mass is 16.3. The molecule has 8 aromatic carbocycles. The van der Waals surface area contributed by atoms with Crippen LogP contribution in [0.2, 0.25) is 0 Å². The Kier molecular flexibility index (Phi) is 18.9. The third-order valence-corrected chi connectivity index (χ3v) is 24.5. The maximum Gasteiger partial charge on any atom is 0.371 e. The second kappa shape index (κ2) is 27.9. The smallest absolute Gasteiger partial charge is 0.371 e. The molecule has 6 aromatic heterocycles. The molecule has 3 aliphatic rings. The molecule has 0 spiro atoms. The van der Waals surface area contributed by atoms with Gasteiger partial charge in [0.2, 0.25) is 5.82 Å². The third-order valence-electron chi connectivity index (χ3n) is 24.5. The standard InChI is InChI=1S/C40H45N4O.C28H35N4O.C27H33N4O/c1-25(2)29-16-14-17-30(26(3)4)38(29)44-33-19-12-11-18-32(33)41(9)39(44)42-23-24-43(28(42)6)40(7,8)37-27(5)21-22-35-36(37)31-15-10-13-20-34(31)45-35;1-18(2)31-17-25(29(8)20(31)4)30-15-16-32(21(30)5)28(6,7)27-19(3)13-14-24-26(27)22-11-9-10-12-23(22)33-24;1-18(2)31-15-14-24(28(31)7)29-16-17-30(20(29)4)27(5,6)26-19(3)12-13-23-25(26)21-10-8-9-11-22(21)32-23/h10-26,28H,1-9H3;9-18,21H,1-8H3;8-18,20H,1-7H3/q3*+1/t28-;21-;20-/m111/s1. The number of nitrogens with zero attached hydrogens (tertiary/aromatic N) is 12. The zero-order valence-electron chi connectivity index (χ0n) is 69.3. The summed E-state index contributed by atoms with van der Waals surface area (Å²) in [6.07, 6.45) is 18.3. The molecule has 0 unspecified atom stereocenters. The molecule has 15 nitrogen and oxygen atoms in total. The van der Waals surface area contributed by atoms with Gasteiger partial charge in [-0.05, 0) is 216 Å². The first-order valence-electron chi connectivity index (χ1n) is 39.6. The van der Waals surface area contributed by atoms with Gasteiger partial charge in [0.1, 0.15) is 62.6 Å². The fourth-order valence-corrected chi connectivity index (χ4v) is 19.1. The Morgan fingerprint density at radius 2 is 0.800 bits per heavy atom. The number of para-hydroxylation sites is 6. The summed E-state index contributed by atoms with van der Waals surface area (Å²) in [5.74, 6) is 5.55. The monoisotopic (exact) mass is 1470 g/mol. The first-order valence-corrected chi connectivity index (χ1v) is 39.6. The molecule has 0 bridgehead atoms. The lowest BCUT2D eigenvalue weighted by molar-refractivity contribution is -0.789. The van der Waals surface area contributed by atoms with E-state index in [-0.39, 0.29) is 35.1 Å². The molecular formula is C95H113N12O3+3. The molecule has 14 aromatic rings. The number of hydrogen-bond donors (Lipinski definition) is 0. The first-order chi connectivity index (χ1) is 52.4. The van der Waals surface area contributed by atoms with E-state index in [1.54, 1.807) is 0 Å². The first kappa shape index (κ1) is 74.5. The number of fused-ring (bicyclic) bond motifs is 10. The molecule has 0 saturated heterocycles. The molecule has 0 fully saturated rings. The summed E-state index contributed by atoms with van der Waals surface area (Å²) < 4.78 is 32.8. The summed E-state index contributed by atoms with van der Waals surface area (Å²) in [6, 6.07) is 56.7. The van der Waals surface area contributed by atoms with E-state index in [4.69, 9.17) is 13.3 Å². The fraction of sp³-hybridized carbons (Fsp3) is 0.358. The van der Waals surface area contributed by atoms with Gasteiger partial charge in [-0.25, -0.2) is 18.6 Å². The van der Waals surface area contributed by atoms with Gasteiger partial charge in [0.25, 0.3) is 5.82 Å². The minimum absolute atomic E-state index is 0.0517. The number of rotatable bonds is 14. The van der Waals surface area contributed by atoms with Crippen LogP contribution in [-0.2, 0) is 37.8 Å². The van der Waals surface area contributed by atoms with Crippen LogP contribution >= 0.6 is 0 Å². The van der Waals surface area contributed by atoms with Crippen LogP contribution in [0.1, 0.15) is 192 Å². The van der Waals surface area contributed by atoms with E-state index in [9.17, 15) is 0 Å². The highest BCUT2D eigenvalue weighted by Gasteiger charge is 2.46. The molecule has 110 heavy (non-hydrogen) atoms. The van der Waals surface area contributed by atoms with E-state index >= 15 is 0 Å². The van der Waals surface area contributed by atoms with E-state index in [0.29, 0.717) is 23.9 Å². The lowest BCUT2D eigenvalue weighted by atomic mass is 9.85. The Morgan fingerprint density at radius 3 is 1.20 bits per heavy atom. The van der Waals surface area contributed by atoms with Crippen molar-refractivity contribution in [2.24, 2.45) is 21.1 Å². The van der Waals surface area contributed by atoms with E-state index < -0.39 is 0 Å². The molecule has 15 heteroatoms. The van der Waals surface area contributed by atoms with Gasteiger partial charge < -0.3 is 32.9 Å². The topological polar surface area (TPSA) is 85.3 Å². The zero-order valence-corrected chi connectivity index (χ0v) is 69.3. The van der Waals surface area contributed by atoms with Crippen molar-refractivity contribution in [2.75, 3.05) is 14.7 Å². The molecule has 9 heterocycles. The van der Waals surface area contributed by atoms with Crippen molar-refractivity contribution in [1.29, 1.82) is 0 Å². The van der Waals surface area contributed by atoms with E-state index in [0.717, 1.165) is 39.4 Å². The molecule has 0 N–H and O–H groups in total. The van der Waals surface area contributed by atoms with E-state index in [2.05, 4.69) is 413 Å². The van der Waals surface area contributed by atoms with Crippen molar-refractivity contribution < 1.29 is 27.1 Å². The van der Waals surface area contributed by atoms with Crippen LogP contribution in [-0.4, -0.2) is 47.0 Å². The minimum atomic E-state index is -0.324. The van der Waals surface area contributed by atoms with Crippen molar-refractivity contribution in [1.82, 2.24) is 28.5 Å². The Hall–Kier alpha value is -10.9. The molecule has 17 rings (SSSR count). The Morgan fingerprint density at radius 1 is 0.409 bits per heavy atom. The van der Waals surface area contributed by atoms with Gasteiger partial charge in [0.05, 0.1) is 56.1 Å². The number of hydrogen-bond acceptors (Lipinski definition) is 9. The maximum absolute atomic E-state index is 6.34. The van der Waals surface area contributed by atoms with Crippen molar-refractivity contribution in [3.63, 3.8) is 0 Å². The predicted molar refractivity (Wildman–Crippen MR) is 453 cm³/mol. The van der Waals surface area contributed by atoms with E-state index in [1.165, 1.54) is 111 Å². The zero-order chi connectivity index (χ0) is 78.2. The Labute approximate surface area is 650 Å². The molecule has 3 atom stereocenters. The summed E-state index contributed by atoms with van der Waals surface area (Å²) in [5.41, 5.74) is 19.1. The van der Waals surface area contributed by atoms with Gasteiger partial charge in [-0.3, -0.25) is 4.90 Å². The van der Waals surface area contributed by atoms with Crippen LogP contribution < -0.4 is 28.5 Å². The molecule has 0 saturated carbocycles. The summed E-state index contributed by atoms with van der Waals surface area (Å²) in [6.45, 7) is 47.8. The molecule has 3 aliphatic heterocycles. The Bertz CT molecular complexity index is 5940. The third kappa shape index (κ3) is 11.9. The molecule has 0 amide bonds. The molecule has 0 radical (unpaired) electrons. The van der Waals surface area contributed by atoms with Crippen LogP contribution in [0.3, 0.4) is 0 Å². The summed E-state index contributed by atoms with van der Waals surface area (Å²) in [7, 11) is 6.49. The molecule has 0 aliphatic carbocycles. The van der Waals surface area contributed by atoms with Crippen LogP contribution in [0.25, 0.3) is 82.5 Å². The maximum atomic E-state index is 6.34. The number of benzene rings is 8. The van der Waals surface area contributed by atoms with Crippen LogP contribution in [0.15, 0.2) is 221 Å². The van der Waals surface area contributed by atoms with Gasteiger partial charge in [0, 0.05) is 70.2 Å². The Balaban J connectivity index is 0.000000134. The number of anilines is 3. The fourth-order valence-electron chi connectivity index (χ4n) is 19.1. The SMILES string of the molecule is Cc1ccc2oc3ccccc3c2c1C(C)(C)N1C=CN(c2c[n+](C(C)C)c(C)n2C)[C@H]1C.Cc1ccc2oc3ccccc3c2c1C(C)(C)N1C=CN(c2cc[n+](C(C)C)n2C)[C@H]1C.Cc1ccc2oc3ccccc3c2c1C(C)(C)N1C=CN(c2n(-c3c(C(C)C)cccc3C(C)C)c3ccccc3[n+]2C)[C@H]1C. The summed E-state index contributed by atoms with van der Waals surface area (Å²) in [5, 5.41) is 7.19. The van der Waals surface area contributed by atoms with Gasteiger partial charge >= 0.3 is 5.95 Å². The number of imidazole rings is 2. The van der Waals surface area contributed by atoms with E-state index in [1.807, 2.05) is 18.2 Å². The quantitative estimate of drug-likeness (QED) is 0.0988. The van der Waals surface area contributed by atoms with Gasteiger partial charge in [-0.1, -0.05) is 131 Å². The molecular weight excluding hydrogens is 1360 g/mol. The average Bonchev–Trinajstić information content (AvgIpc) is 1.57. The van der Waals surface area contributed by atoms with Crippen LogP contribution in [0.4, 0.5) is 17.6 Å². The number of furan rings is 3. The van der Waals surface area contributed by atoms with Gasteiger partial charge in [-0.15, -0.1) is 9.36 Å². The van der Waals surface area contributed by atoms with Gasteiger partial charge in [0.15, 0.2) is 30.4 Å². The number of aryl methyl sites for hydroxylation is 4. The summed E-state index contributed by atoms with van der Waals surface area (Å²) >= 11 is 0. The van der Waals surface area contributed by atoms with Crippen LogP contribution in [0, 0.1) is 27.7 Å². The van der Waals surface area contributed by atoms with Crippen molar-refractivity contribution in [3.05, 3.63) is 258 Å². The van der Waals surface area contributed by atoms with Crippen molar-refractivity contribution in [3.8, 4) is 5.69 Å². The highest BCUT2D eigenvalue weighted by molar-refractivity contribution is 6.09. The second-order valence-electron chi connectivity index (χ2n) is 33.6. The van der Waals surface area contributed by atoms with Gasteiger partial charge in [-0.2, -0.15) is 4.57 Å². The molecule has 568 valence electrons. The highest BCUT2D eigenvalue weighted by Crippen LogP contribution is 2.49. The lowest BCUT2D eigenvalue weighted by Gasteiger charge is -2.42. The van der Waals surface area contributed by atoms with Crippen LogP contribution in [0.5, 0.6) is 0 Å². The van der Waals surface area contributed by atoms with Crippen molar-refractivity contribution >= 4 is 94.4 Å². The minimum Gasteiger partial charge on any atom is -0.456 e. The predicted octanol–water partition coefficient (Wildman–Crippen LogP) is 22.0.